The van der Waals surface area contributed by atoms with Crippen molar-refractivity contribution in [2.45, 2.75) is 52.5 Å². The summed E-state index contributed by atoms with van der Waals surface area (Å²) in [5, 5.41) is 8.08. The number of hydrogen-bond acceptors (Lipinski definition) is 2. The number of likely N-dealkylation sites (N-methyl/N-ethyl adjacent to an activating group) is 1. The molecule has 1 nitrogen and oxygen atoms in total. The third-order valence-electron chi connectivity index (χ3n) is 3.33. The number of nitrogens with one attached hydrogen (secondary N) is 1. The van der Waals surface area contributed by atoms with Gasteiger partial charge in [0.25, 0.3) is 0 Å². The molecule has 1 N–H and O–H groups in total. The van der Waals surface area contributed by atoms with Crippen LogP contribution in [0.15, 0.2) is 16.8 Å². The Morgan fingerprint density at radius 2 is 2.00 bits per heavy atom. The van der Waals surface area contributed by atoms with E-state index in [9.17, 15) is 0 Å². The maximum Gasteiger partial charge on any atom is 0.0110 e. The van der Waals surface area contributed by atoms with Crippen molar-refractivity contribution >= 4 is 11.3 Å². The van der Waals surface area contributed by atoms with Crippen molar-refractivity contribution in [1.29, 1.82) is 0 Å². The van der Waals surface area contributed by atoms with Crippen molar-refractivity contribution < 1.29 is 0 Å². The van der Waals surface area contributed by atoms with Crippen molar-refractivity contribution in [3.05, 3.63) is 22.4 Å². The Hall–Kier alpha value is -0.340. The highest BCUT2D eigenvalue weighted by molar-refractivity contribution is 7.07. The van der Waals surface area contributed by atoms with Crippen molar-refractivity contribution in [3.63, 3.8) is 0 Å². The first-order chi connectivity index (χ1) is 7.80. The zero-order chi connectivity index (χ0) is 11.8. The third-order valence-corrected chi connectivity index (χ3v) is 4.06. The number of thiophene rings is 1. The molecule has 1 rings (SSSR count). The second-order valence-corrected chi connectivity index (χ2v) is 5.29. The van der Waals surface area contributed by atoms with Gasteiger partial charge in [0, 0.05) is 6.04 Å². The summed E-state index contributed by atoms with van der Waals surface area (Å²) < 4.78 is 0. The maximum absolute atomic E-state index is 3.62. The van der Waals surface area contributed by atoms with Crippen molar-refractivity contribution in [2.75, 3.05) is 6.54 Å². The molecule has 1 unspecified atom stereocenters. The molecule has 92 valence electrons. The average Bonchev–Trinajstić information content (AvgIpc) is 2.78. The van der Waals surface area contributed by atoms with E-state index in [0.29, 0.717) is 6.04 Å². The Morgan fingerprint density at radius 3 is 2.50 bits per heavy atom. The van der Waals surface area contributed by atoms with Gasteiger partial charge < -0.3 is 5.32 Å². The third kappa shape index (κ3) is 4.67. The molecule has 0 aliphatic heterocycles. The Labute approximate surface area is 104 Å². The number of rotatable bonds is 8. The first-order valence-electron chi connectivity index (χ1n) is 6.54. The summed E-state index contributed by atoms with van der Waals surface area (Å²) in [6, 6.07) is 2.91. The molecule has 0 fully saturated rings. The summed E-state index contributed by atoms with van der Waals surface area (Å²) in [7, 11) is 0. The SMILES string of the molecule is CCNC(Cc1ccsc1)CC(CC)CC. The van der Waals surface area contributed by atoms with E-state index in [-0.39, 0.29) is 0 Å². The van der Waals surface area contributed by atoms with E-state index in [1.807, 2.05) is 0 Å². The van der Waals surface area contributed by atoms with Gasteiger partial charge in [-0.05, 0) is 47.7 Å². The summed E-state index contributed by atoms with van der Waals surface area (Å²) in [5.74, 6) is 0.877. The van der Waals surface area contributed by atoms with Crippen LogP contribution >= 0.6 is 11.3 Å². The van der Waals surface area contributed by atoms with Crippen LogP contribution in [-0.2, 0) is 6.42 Å². The van der Waals surface area contributed by atoms with E-state index in [1.165, 1.54) is 31.2 Å². The molecule has 16 heavy (non-hydrogen) atoms. The highest BCUT2D eigenvalue weighted by atomic mass is 32.1. The number of hydrogen-bond donors (Lipinski definition) is 1. The van der Waals surface area contributed by atoms with Crippen molar-refractivity contribution in [2.24, 2.45) is 5.92 Å². The quantitative estimate of drug-likeness (QED) is 0.720. The van der Waals surface area contributed by atoms with E-state index in [0.717, 1.165) is 12.5 Å². The lowest BCUT2D eigenvalue weighted by molar-refractivity contribution is 0.367. The van der Waals surface area contributed by atoms with Gasteiger partial charge >= 0.3 is 0 Å². The lowest BCUT2D eigenvalue weighted by Gasteiger charge is -2.22. The molecular weight excluding hydrogens is 214 g/mol. The van der Waals surface area contributed by atoms with Crippen LogP contribution in [0.4, 0.5) is 0 Å². The monoisotopic (exact) mass is 239 g/mol. The average molecular weight is 239 g/mol. The van der Waals surface area contributed by atoms with Gasteiger partial charge in [-0.15, -0.1) is 0 Å². The minimum Gasteiger partial charge on any atom is -0.314 e. The van der Waals surface area contributed by atoms with Gasteiger partial charge in [0.05, 0.1) is 0 Å². The van der Waals surface area contributed by atoms with E-state index in [1.54, 1.807) is 11.3 Å². The molecule has 0 radical (unpaired) electrons. The molecule has 1 heterocycles. The van der Waals surface area contributed by atoms with Crippen molar-refractivity contribution in [1.82, 2.24) is 5.32 Å². The molecule has 1 atom stereocenters. The Bertz CT molecular complexity index is 252. The predicted octanol–water partition coefficient (Wildman–Crippen LogP) is 4.10. The van der Waals surface area contributed by atoms with Crippen LogP contribution in [0.25, 0.3) is 0 Å². The van der Waals surface area contributed by atoms with Crippen LogP contribution in [0.5, 0.6) is 0 Å². The van der Waals surface area contributed by atoms with Gasteiger partial charge in [-0.1, -0.05) is 33.6 Å². The highest BCUT2D eigenvalue weighted by Crippen LogP contribution is 2.18. The molecule has 0 spiro atoms. The molecule has 1 aromatic heterocycles. The fourth-order valence-electron chi connectivity index (χ4n) is 2.25. The maximum atomic E-state index is 3.62. The van der Waals surface area contributed by atoms with Crippen LogP contribution in [0, 0.1) is 5.92 Å². The van der Waals surface area contributed by atoms with Gasteiger partial charge in [-0.3, -0.25) is 0 Å². The Kier molecular flexibility index (Phi) is 6.74. The van der Waals surface area contributed by atoms with E-state index in [4.69, 9.17) is 0 Å². The smallest absolute Gasteiger partial charge is 0.0110 e. The minimum absolute atomic E-state index is 0.657. The van der Waals surface area contributed by atoms with E-state index < -0.39 is 0 Å². The summed E-state index contributed by atoms with van der Waals surface area (Å²) in [4.78, 5) is 0. The summed E-state index contributed by atoms with van der Waals surface area (Å²) >= 11 is 1.80. The van der Waals surface area contributed by atoms with Crippen LogP contribution in [-0.4, -0.2) is 12.6 Å². The minimum atomic E-state index is 0.657. The first-order valence-corrected chi connectivity index (χ1v) is 7.48. The van der Waals surface area contributed by atoms with Crippen LogP contribution in [0.3, 0.4) is 0 Å². The van der Waals surface area contributed by atoms with Crippen LogP contribution in [0.2, 0.25) is 0 Å². The fourth-order valence-corrected chi connectivity index (χ4v) is 2.93. The van der Waals surface area contributed by atoms with Gasteiger partial charge in [-0.2, -0.15) is 11.3 Å². The van der Waals surface area contributed by atoms with Gasteiger partial charge in [-0.25, -0.2) is 0 Å². The summed E-state index contributed by atoms with van der Waals surface area (Å²) in [6.45, 7) is 7.89. The van der Waals surface area contributed by atoms with Crippen molar-refractivity contribution in [3.8, 4) is 0 Å². The van der Waals surface area contributed by atoms with Gasteiger partial charge in [0.2, 0.25) is 0 Å². The molecule has 0 bridgehead atoms. The fraction of sp³-hybridized carbons (Fsp3) is 0.714. The second kappa shape index (κ2) is 7.86. The summed E-state index contributed by atoms with van der Waals surface area (Å²) in [6.07, 6.45) is 5.12. The molecule has 1 aromatic rings. The molecule has 0 saturated heterocycles. The standard InChI is InChI=1S/C14H25NS/c1-4-12(5-2)9-14(15-6-3)10-13-7-8-16-11-13/h7-8,11-12,14-15H,4-6,9-10H2,1-3H3. The molecular formula is C14H25NS. The van der Waals surface area contributed by atoms with E-state index >= 15 is 0 Å². The van der Waals surface area contributed by atoms with Gasteiger partial charge in [0.15, 0.2) is 0 Å². The summed E-state index contributed by atoms with van der Waals surface area (Å²) in [5.41, 5.74) is 1.49. The predicted molar refractivity (Wildman–Crippen MR) is 74.2 cm³/mol. The lowest BCUT2D eigenvalue weighted by Crippen LogP contribution is -2.32. The Balaban J connectivity index is 2.46. The van der Waals surface area contributed by atoms with Crippen LogP contribution in [0.1, 0.15) is 45.6 Å². The molecule has 0 saturated carbocycles. The lowest BCUT2D eigenvalue weighted by atomic mass is 9.92. The van der Waals surface area contributed by atoms with Crippen LogP contribution < -0.4 is 5.32 Å². The van der Waals surface area contributed by atoms with Gasteiger partial charge in [0.1, 0.15) is 0 Å². The zero-order valence-corrected chi connectivity index (χ0v) is 11.6. The van der Waals surface area contributed by atoms with E-state index in [2.05, 4.69) is 42.9 Å². The Morgan fingerprint density at radius 1 is 1.25 bits per heavy atom. The molecule has 0 aliphatic carbocycles. The first kappa shape index (κ1) is 13.7. The highest BCUT2D eigenvalue weighted by Gasteiger charge is 2.13. The normalized spacial score (nSPS) is 13.2. The molecule has 0 aromatic carbocycles. The topological polar surface area (TPSA) is 12.0 Å². The second-order valence-electron chi connectivity index (χ2n) is 4.51. The zero-order valence-electron chi connectivity index (χ0n) is 10.8. The molecule has 0 amide bonds. The molecule has 2 heteroatoms. The molecule has 0 aliphatic rings. The largest absolute Gasteiger partial charge is 0.314 e.